The minimum atomic E-state index is 0.314. The molecule has 0 aliphatic rings. The Hall–Kier alpha value is 0.620. The van der Waals surface area contributed by atoms with Gasteiger partial charge in [-0.25, -0.2) is 0 Å². The van der Waals surface area contributed by atoms with E-state index in [-0.39, 0.29) is 0 Å². The lowest BCUT2D eigenvalue weighted by Crippen LogP contribution is -1.98. The van der Waals surface area contributed by atoms with E-state index in [1.165, 1.54) is 12.0 Å². The molecule has 0 spiro atoms. The largest absolute Gasteiger partial charge is 0.308 e. The molecule has 0 saturated carbocycles. The maximum Gasteiger partial charge on any atom is 0.109 e. The molecule has 2 N–H and O–H groups in total. The number of thioether (sulfide) groups is 1. The molecule has 4 heteroatoms. The maximum atomic E-state index is 5.06. The fourth-order valence-corrected chi connectivity index (χ4v) is 1.51. The highest BCUT2D eigenvalue weighted by atomic mass is 32.2. The summed E-state index contributed by atoms with van der Waals surface area (Å²) in [7, 11) is 0. The molecule has 0 radical (unpaired) electrons. The molecule has 0 aromatic carbocycles. The van der Waals surface area contributed by atoms with E-state index in [9.17, 15) is 0 Å². The second-order valence-electron chi connectivity index (χ2n) is 1.01. The van der Waals surface area contributed by atoms with Crippen molar-refractivity contribution in [3.05, 3.63) is 0 Å². The zero-order valence-corrected chi connectivity index (χ0v) is 6.56. The first kappa shape index (κ1) is 8.62. The highest BCUT2D eigenvalue weighted by molar-refractivity contribution is 8.13. The van der Waals surface area contributed by atoms with E-state index < -0.39 is 0 Å². The Morgan fingerprint density at radius 2 is 2.38 bits per heavy atom. The van der Waals surface area contributed by atoms with Gasteiger partial charge in [0, 0.05) is 12.0 Å². The van der Waals surface area contributed by atoms with Crippen LogP contribution in [0.5, 0.6) is 0 Å². The first-order valence-corrected chi connectivity index (χ1v) is 4.50. The number of rotatable bonds is 5. The second kappa shape index (κ2) is 7.62. The molecular formula is C4H11NOS2. The van der Waals surface area contributed by atoms with Gasteiger partial charge >= 0.3 is 0 Å². The quantitative estimate of drug-likeness (QED) is 0.366. The first-order valence-electron chi connectivity index (χ1n) is 2.44. The van der Waals surface area contributed by atoms with E-state index >= 15 is 0 Å². The molecule has 0 aromatic rings. The molecule has 50 valence electrons. The van der Waals surface area contributed by atoms with Gasteiger partial charge in [-0.05, 0) is 5.75 Å². The van der Waals surface area contributed by atoms with Gasteiger partial charge in [-0.3, -0.25) is 4.18 Å². The molecule has 0 amide bonds. The zero-order chi connectivity index (χ0) is 6.24. The Morgan fingerprint density at radius 3 is 2.88 bits per heavy atom. The van der Waals surface area contributed by atoms with E-state index in [1.807, 2.05) is 11.8 Å². The van der Waals surface area contributed by atoms with Crippen molar-refractivity contribution in [2.75, 3.05) is 17.6 Å². The Balaban J connectivity index is 2.53. The summed E-state index contributed by atoms with van der Waals surface area (Å²) in [5.41, 5.74) is 5.06. The predicted molar refractivity (Wildman–Crippen MR) is 40.7 cm³/mol. The molecule has 0 fully saturated rings. The van der Waals surface area contributed by atoms with E-state index in [0.29, 0.717) is 6.73 Å². The lowest BCUT2D eigenvalue weighted by Gasteiger charge is -1.95. The third kappa shape index (κ3) is 6.62. The zero-order valence-electron chi connectivity index (χ0n) is 4.92. The molecule has 0 aromatic heterocycles. The molecule has 0 heterocycles. The Bertz CT molecular complexity index is 39.0. The van der Waals surface area contributed by atoms with Crippen molar-refractivity contribution in [1.29, 1.82) is 0 Å². The van der Waals surface area contributed by atoms with Crippen LogP contribution in [0.2, 0.25) is 0 Å². The molecule has 0 saturated heterocycles. The topological polar surface area (TPSA) is 35.2 Å². The van der Waals surface area contributed by atoms with Crippen molar-refractivity contribution < 1.29 is 4.18 Å². The van der Waals surface area contributed by atoms with Crippen molar-refractivity contribution in [2.24, 2.45) is 5.73 Å². The van der Waals surface area contributed by atoms with Crippen molar-refractivity contribution in [3.8, 4) is 0 Å². The van der Waals surface area contributed by atoms with Gasteiger partial charge in [0.05, 0.1) is 5.08 Å². The predicted octanol–water partition coefficient (Wildman–Crippen LogP) is 1.28. The molecule has 0 unspecified atom stereocenters. The highest BCUT2D eigenvalue weighted by Gasteiger charge is 1.83. The fraction of sp³-hybridized carbons (Fsp3) is 1.00. The van der Waals surface area contributed by atoms with Gasteiger partial charge in [0.25, 0.3) is 0 Å². The smallest absolute Gasteiger partial charge is 0.109 e. The second-order valence-corrected chi connectivity index (χ2v) is 3.41. The summed E-state index contributed by atoms with van der Waals surface area (Å²) < 4.78 is 4.81. The molecule has 0 rings (SSSR count). The van der Waals surface area contributed by atoms with Gasteiger partial charge in [-0.15, -0.1) is 11.8 Å². The van der Waals surface area contributed by atoms with Gasteiger partial charge < -0.3 is 5.73 Å². The van der Waals surface area contributed by atoms with Gasteiger partial charge in [0.2, 0.25) is 0 Å². The van der Waals surface area contributed by atoms with Crippen LogP contribution in [0.1, 0.15) is 6.92 Å². The SMILES string of the molecule is CCSCSOCN. The van der Waals surface area contributed by atoms with Crippen LogP contribution in [-0.2, 0) is 4.18 Å². The summed E-state index contributed by atoms with van der Waals surface area (Å²) in [5, 5.41) is 0.980. The molecule has 0 aliphatic heterocycles. The Kier molecular flexibility index (Phi) is 8.21. The molecule has 0 aliphatic carbocycles. The Labute approximate surface area is 58.7 Å². The van der Waals surface area contributed by atoms with Crippen LogP contribution < -0.4 is 5.73 Å². The molecule has 0 atom stereocenters. The van der Waals surface area contributed by atoms with Crippen molar-refractivity contribution in [1.82, 2.24) is 0 Å². The van der Waals surface area contributed by atoms with E-state index in [2.05, 4.69) is 6.92 Å². The standard InChI is InChI=1S/C4H11NOS2/c1-2-7-4-8-6-3-5/h2-5H2,1H3. The van der Waals surface area contributed by atoms with E-state index in [4.69, 9.17) is 9.92 Å². The van der Waals surface area contributed by atoms with Crippen LogP contribution in [-0.4, -0.2) is 17.6 Å². The van der Waals surface area contributed by atoms with Crippen LogP contribution in [0, 0.1) is 0 Å². The van der Waals surface area contributed by atoms with E-state index in [1.54, 1.807) is 0 Å². The molecular weight excluding hydrogens is 142 g/mol. The minimum absolute atomic E-state index is 0.314. The summed E-state index contributed by atoms with van der Waals surface area (Å²) in [4.78, 5) is 0. The number of nitrogens with two attached hydrogens (primary N) is 1. The number of hydrogen-bond donors (Lipinski definition) is 1. The summed E-state index contributed by atoms with van der Waals surface area (Å²) in [6.45, 7) is 2.43. The van der Waals surface area contributed by atoms with Gasteiger partial charge in [-0.1, -0.05) is 6.92 Å². The lowest BCUT2D eigenvalue weighted by molar-refractivity contribution is 0.391. The van der Waals surface area contributed by atoms with Gasteiger partial charge in [0.1, 0.15) is 6.73 Å². The summed E-state index contributed by atoms with van der Waals surface area (Å²) in [5.74, 6) is 1.14. The van der Waals surface area contributed by atoms with Crippen LogP contribution in [0.25, 0.3) is 0 Å². The molecule has 2 nitrogen and oxygen atoms in total. The summed E-state index contributed by atoms with van der Waals surface area (Å²) in [6, 6.07) is 0. The lowest BCUT2D eigenvalue weighted by atomic mass is 11.0. The Morgan fingerprint density at radius 1 is 1.62 bits per heavy atom. The normalized spacial score (nSPS) is 9.75. The summed E-state index contributed by atoms with van der Waals surface area (Å²) in [6.07, 6.45) is 0. The highest BCUT2D eigenvalue weighted by Crippen LogP contribution is 2.10. The van der Waals surface area contributed by atoms with Crippen LogP contribution >= 0.6 is 23.8 Å². The molecule has 0 bridgehead atoms. The van der Waals surface area contributed by atoms with Crippen molar-refractivity contribution >= 4 is 23.8 Å². The van der Waals surface area contributed by atoms with Gasteiger partial charge in [0.15, 0.2) is 0 Å². The van der Waals surface area contributed by atoms with Crippen LogP contribution in [0.3, 0.4) is 0 Å². The minimum Gasteiger partial charge on any atom is -0.308 e. The van der Waals surface area contributed by atoms with Crippen molar-refractivity contribution in [3.63, 3.8) is 0 Å². The molecule has 8 heavy (non-hydrogen) atoms. The van der Waals surface area contributed by atoms with Gasteiger partial charge in [-0.2, -0.15) is 0 Å². The van der Waals surface area contributed by atoms with Crippen LogP contribution in [0.4, 0.5) is 0 Å². The monoisotopic (exact) mass is 153 g/mol. The average molecular weight is 153 g/mol. The van der Waals surface area contributed by atoms with E-state index in [0.717, 1.165) is 10.8 Å². The third-order valence-corrected chi connectivity index (χ3v) is 2.25. The maximum absolute atomic E-state index is 5.06. The number of hydrogen-bond acceptors (Lipinski definition) is 4. The van der Waals surface area contributed by atoms with Crippen molar-refractivity contribution in [2.45, 2.75) is 6.92 Å². The fourth-order valence-electron chi connectivity index (χ4n) is 0.199. The summed E-state index contributed by atoms with van der Waals surface area (Å²) >= 11 is 3.25. The third-order valence-electron chi connectivity index (χ3n) is 0.487. The average Bonchev–Trinajstić information content (AvgIpc) is 1.81. The first-order chi connectivity index (χ1) is 3.91. The van der Waals surface area contributed by atoms with Crippen LogP contribution in [0.15, 0.2) is 0 Å².